The minimum Gasteiger partial charge on any atom is -0.316 e. The van der Waals surface area contributed by atoms with Crippen molar-refractivity contribution in [3.8, 4) is 0 Å². The minimum atomic E-state index is -3.44. The van der Waals surface area contributed by atoms with Crippen LogP contribution in [0.2, 0.25) is 5.02 Å². The van der Waals surface area contributed by atoms with Gasteiger partial charge in [0.25, 0.3) is 0 Å². The van der Waals surface area contributed by atoms with E-state index >= 15 is 0 Å². The maximum Gasteiger partial charge on any atom is 0.243 e. The number of benzene rings is 1. The monoisotopic (exact) mass is 330 g/mol. The van der Waals surface area contributed by atoms with Crippen molar-refractivity contribution in [2.24, 2.45) is 5.41 Å². The van der Waals surface area contributed by atoms with E-state index in [0.29, 0.717) is 29.6 Å². The second-order valence-electron chi connectivity index (χ2n) is 6.39. The molecule has 0 aromatic heterocycles. The Kier molecular flexibility index (Phi) is 4.98. The smallest absolute Gasteiger partial charge is 0.243 e. The second-order valence-corrected chi connectivity index (χ2v) is 8.74. The van der Waals surface area contributed by atoms with Crippen molar-refractivity contribution < 1.29 is 8.42 Å². The molecule has 0 aliphatic carbocycles. The number of nitrogens with zero attached hydrogens (tertiary/aromatic N) is 1. The number of nitrogens with one attached hydrogen (secondary N) is 1. The molecule has 1 aliphatic heterocycles. The van der Waals surface area contributed by atoms with E-state index in [0.717, 1.165) is 18.4 Å². The van der Waals surface area contributed by atoms with Gasteiger partial charge in [0.2, 0.25) is 10.0 Å². The van der Waals surface area contributed by atoms with Crippen LogP contribution >= 0.6 is 11.6 Å². The Morgan fingerprint density at radius 1 is 1.38 bits per heavy atom. The zero-order valence-corrected chi connectivity index (χ0v) is 14.4. The van der Waals surface area contributed by atoms with Gasteiger partial charge < -0.3 is 5.32 Å². The molecular weight excluding hydrogens is 308 g/mol. The molecule has 0 saturated carbocycles. The third-order valence-electron chi connectivity index (χ3n) is 3.89. The molecule has 0 unspecified atom stereocenters. The van der Waals surface area contributed by atoms with Gasteiger partial charge in [-0.1, -0.05) is 25.4 Å². The van der Waals surface area contributed by atoms with E-state index in [4.69, 9.17) is 11.6 Å². The molecule has 1 fully saturated rings. The van der Waals surface area contributed by atoms with Crippen LogP contribution in [0, 0.1) is 5.41 Å². The lowest BCUT2D eigenvalue weighted by Gasteiger charge is -2.37. The maximum absolute atomic E-state index is 12.8. The van der Waals surface area contributed by atoms with Crippen molar-refractivity contribution in [2.75, 3.05) is 20.1 Å². The predicted molar refractivity (Wildman–Crippen MR) is 86.0 cm³/mol. The fourth-order valence-electron chi connectivity index (χ4n) is 2.76. The minimum absolute atomic E-state index is 0.0333. The fourth-order valence-corrected chi connectivity index (χ4v) is 4.66. The highest BCUT2D eigenvalue weighted by Crippen LogP contribution is 2.32. The molecule has 6 heteroatoms. The lowest BCUT2D eigenvalue weighted by atomic mass is 9.85. The summed E-state index contributed by atoms with van der Waals surface area (Å²) >= 11 is 6.11. The lowest BCUT2D eigenvalue weighted by molar-refractivity contribution is 0.187. The van der Waals surface area contributed by atoms with Crippen molar-refractivity contribution in [1.82, 2.24) is 9.62 Å². The highest BCUT2D eigenvalue weighted by Gasteiger charge is 2.34. The van der Waals surface area contributed by atoms with Crippen LogP contribution in [0.1, 0.15) is 32.3 Å². The number of sulfonamides is 1. The van der Waals surface area contributed by atoms with Crippen LogP contribution in [0.4, 0.5) is 0 Å². The lowest BCUT2D eigenvalue weighted by Crippen LogP contribution is -2.43. The Morgan fingerprint density at radius 3 is 2.71 bits per heavy atom. The topological polar surface area (TPSA) is 49.4 Å². The van der Waals surface area contributed by atoms with Gasteiger partial charge in [0.1, 0.15) is 0 Å². The van der Waals surface area contributed by atoms with Gasteiger partial charge in [-0.2, -0.15) is 4.31 Å². The molecule has 1 aromatic carbocycles. The van der Waals surface area contributed by atoms with Crippen LogP contribution in [0.25, 0.3) is 0 Å². The molecule has 1 aliphatic rings. The standard InChI is InChI=1S/C15H23ClN2O2S/c1-15(2)7-4-8-18(11-15)21(19,20)13-5-6-14(16)12(9-13)10-17-3/h5-6,9,17H,4,7-8,10-11H2,1-3H3. The molecule has 0 atom stereocenters. The predicted octanol–water partition coefficient (Wildman–Crippen LogP) is 2.87. The zero-order valence-electron chi connectivity index (χ0n) is 12.8. The van der Waals surface area contributed by atoms with Crippen molar-refractivity contribution in [3.05, 3.63) is 28.8 Å². The second kappa shape index (κ2) is 6.24. The molecule has 1 saturated heterocycles. The third-order valence-corrected chi connectivity index (χ3v) is 6.10. The summed E-state index contributed by atoms with van der Waals surface area (Å²) in [6.45, 7) is 5.94. The first-order chi connectivity index (χ1) is 9.76. The Bertz CT molecular complexity index is 614. The summed E-state index contributed by atoms with van der Waals surface area (Å²) in [6, 6.07) is 4.93. The van der Waals surface area contributed by atoms with Gasteiger partial charge in [-0.15, -0.1) is 0 Å². The van der Waals surface area contributed by atoms with Gasteiger partial charge in [0.15, 0.2) is 0 Å². The molecule has 1 heterocycles. The van der Waals surface area contributed by atoms with Crippen LogP contribution in [0.5, 0.6) is 0 Å². The normalized spacial score (nSPS) is 19.6. The van der Waals surface area contributed by atoms with Gasteiger partial charge in [-0.05, 0) is 49.1 Å². The molecule has 118 valence electrons. The number of hydrogen-bond acceptors (Lipinski definition) is 3. The highest BCUT2D eigenvalue weighted by atomic mass is 35.5. The molecule has 0 spiro atoms. The average molecular weight is 331 g/mol. The Morgan fingerprint density at radius 2 is 2.10 bits per heavy atom. The maximum atomic E-state index is 12.8. The van der Waals surface area contributed by atoms with Crippen molar-refractivity contribution in [1.29, 1.82) is 0 Å². The first kappa shape index (κ1) is 16.7. The molecule has 4 nitrogen and oxygen atoms in total. The van der Waals surface area contributed by atoms with Gasteiger partial charge in [0.05, 0.1) is 4.90 Å². The van der Waals surface area contributed by atoms with E-state index in [-0.39, 0.29) is 5.41 Å². The van der Waals surface area contributed by atoms with Crippen LogP contribution in [0.15, 0.2) is 23.1 Å². The van der Waals surface area contributed by atoms with Crippen LogP contribution < -0.4 is 5.32 Å². The molecule has 21 heavy (non-hydrogen) atoms. The Labute approximate surface area is 132 Å². The van der Waals surface area contributed by atoms with E-state index in [2.05, 4.69) is 19.2 Å². The van der Waals surface area contributed by atoms with Crippen molar-refractivity contribution in [2.45, 2.75) is 38.1 Å². The van der Waals surface area contributed by atoms with Gasteiger partial charge >= 0.3 is 0 Å². The number of rotatable bonds is 4. The summed E-state index contributed by atoms with van der Waals surface area (Å²) < 4.78 is 27.2. The quantitative estimate of drug-likeness (QED) is 0.923. The van der Waals surface area contributed by atoms with Crippen LogP contribution in [-0.4, -0.2) is 32.9 Å². The van der Waals surface area contributed by atoms with Crippen molar-refractivity contribution in [3.63, 3.8) is 0 Å². The molecule has 1 aromatic rings. The summed E-state index contributed by atoms with van der Waals surface area (Å²) in [4.78, 5) is 0.329. The summed E-state index contributed by atoms with van der Waals surface area (Å²) in [5.41, 5.74) is 0.836. The molecular formula is C15H23ClN2O2S. The van der Waals surface area contributed by atoms with Gasteiger partial charge in [-0.3, -0.25) is 0 Å². The number of hydrogen-bond donors (Lipinski definition) is 1. The third kappa shape index (κ3) is 3.77. The Balaban J connectivity index is 2.33. The molecule has 1 N–H and O–H groups in total. The molecule has 2 rings (SSSR count). The number of halogens is 1. The van der Waals surface area contributed by atoms with Crippen molar-refractivity contribution >= 4 is 21.6 Å². The molecule has 0 radical (unpaired) electrons. The van der Waals surface area contributed by atoms with E-state index in [1.54, 1.807) is 22.5 Å². The number of piperidine rings is 1. The SMILES string of the molecule is CNCc1cc(S(=O)(=O)N2CCCC(C)(C)C2)ccc1Cl. The summed E-state index contributed by atoms with van der Waals surface area (Å²) in [7, 11) is -1.63. The highest BCUT2D eigenvalue weighted by molar-refractivity contribution is 7.89. The van der Waals surface area contributed by atoms with E-state index in [1.807, 2.05) is 7.05 Å². The van der Waals surface area contributed by atoms with E-state index in [9.17, 15) is 8.42 Å². The van der Waals surface area contributed by atoms with Crippen LogP contribution in [-0.2, 0) is 16.6 Å². The largest absolute Gasteiger partial charge is 0.316 e. The van der Waals surface area contributed by atoms with E-state index in [1.165, 1.54) is 0 Å². The molecule has 0 amide bonds. The van der Waals surface area contributed by atoms with E-state index < -0.39 is 10.0 Å². The first-order valence-electron chi connectivity index (χ1n) is 7.19. The van der Waals surface area contributed by atoms with Gasteiger partial charge in [-0.25, -0.2) is 8.42 Å². The first-order valence-corrected chi connectivity index (χ1v) is 9.01. The van der Waals surface area contributed by atoms with Crippen LogP contribution in [0.3, 0.4) is 0 Å². The fraction of sp³-hybridized carbons (Fsp3) is 0.600. The average Bonchev–Trinajstić information content (AvgIpc) is 2.40. The Hall–Kier alpha value is -0.620. The molecule has 0 bridgehead atoms. The zero-order chi connectivity index (χ0) is 15.7. The summed E-state index contributed by atoms with van der Waals surface area (Å²) in [5.74, 6) is 0. The summed E-state index contributed by atoms with van der Waals surface area (Å²) in [5, 5.41) is 3.59. The summed E-state index contributed by atoms with van der Waals surface area (Å²) in [6.07, 6.45) is 1.97. The van der Waals surface area contributed by atoms with Gasteiger partial charge in [0, 0.05) is 24.7 Å².